The lowest BCUT2D eigenvalue weighted by atomic mass is 9.86. The highest BCUT2D eigenvalue weighted by Crippen LogP contribution is 2.32. The number of carbonyl (C=O) groups excluding carboxylic acids is 5. The van der Waals surface area contributed by atoms with Crippen LogP contribution < -0.4 is 21.3 Å². The predicted octanol–water partition coefficient (Wildman–Crippen LogP) is 2.53. The zero-order valence-corrected chi connectivity index (χ0v) is 32.1. The third-order valence-corrected chi connectivity index (χ3v) is 12.4. The number of nitrogens with one attached hydrogen (secondary N) is 4. The van der Waals surface area contributed by atoms with E-state index >= 15 is 0 Å². The number of benzene rings is 1. The molecule has 1 aromatic carbocycles. The summed E-state index contributed by atoms with van der Waals surface area (Å²) < 4.78 is 26.4. The monoisotopic (exact) mass is 730 g/mol. The van der Waals surface area contributed by atoms with E-state index in [2.05, 4.69) is 21.3 Å². The Kier molecular flexibility index (Phi) is 13.3. The molecule has 3 aliphatic rings. The number of hydrogen-bond acceptors (Lipinski definition) is 7. The molecule has 1 saturated heterocycles. The molecule has 5 atom stereocenters. The first-order valence-corrected chi connectivity index (χ1v) is 20.1. The van der Waals surface area contributed by atoms with Gasteiger partial charge in [0.25, 0.3) is 5.91 Å². The fourth-order valence-corrected chi connectivity index (χ4v) is 7.84. The van der Waals surface area contributed by atoms with Crippen LogP contribution in [0.5, 0.6) is 0 Å². The molecule has 0 aromatic heterocycles. The number of carbonyl (C=O) groups is 5. The van der Waals surface area contributed by atoms with E-state index < -0.39 is 69.1 Å². The van der Waals surface area contributed by atoms with Crippen LogP contribution in [0.25, 0.3) is 0 Å². The summed E-state index contributed by atoms with van der Waals surface area (Å²) in [4.78, 5) is 69.7. The SMILES string of the molecule is CCCCC(NC(=O)[C@@H]1[C@@H](C)CCN1C(=O)[C@@H](NC(=O)N[C@H](CN(C)S(=O)(=O)CC)C(C)(C)C)C1Cc2ccccc2C1)C(=O)C(=O)NC1CC1. The number of Topliss-reactive ketones (excluding diaryl/α,β-unsaturated/α-hetero) is 1. The second-order valence-electron chi connectivity index (χ2n) is 15.7. The number of unbranched alkanes of at least 4 members (excludes halogenated alkanes) is 1. The molecule has 4 N–H and O–H groups in total. The Labute approximate surface area is 303 Å². The third-order valence-electron chi connectivity index (χ3n) is 10.6. The lowest BCUT2D eigenvalue weighted by Crippen LogP contribution is -2.61. The topological polar surface area (TPSA) is 174 Å². The summed E-state index contributed by atoms with van der Waals surface area (Å²) in [5, 5.41) is 11.5. The molecular weight excluding hydrogens is 673 g/mol. The van der Waals surface area contributed by atoms with E-state index in [4.69, 9.17) is 0 Å². The molecule has 1 aromatic rings. The van der Waals surface area contributed by atoms with E-state index in [1.807, 2.05) is 58.9 Å². The zero-order valence-electron chi connectivity index (χ0n) is 31.3. The van der Waals surface area contributed by atoms with Gasteiger partial charge in [-0.05, 0) is 73.8 Å². The number of urea groups is 1. The van der Waals surface area contributed by atoms with E-state index in [1.165, 1.54) is 16.3 Å². The Morgan fingerprint density at radius 1 is 0.961 bits per heavy atom. The van der Waals surface area contributed by atoms with E-state index in [0.717, 1.165) is 30.4 Å². The highest BCUT2D eigenvalue weighted by molar-refractivity contribution is 7.89. The normalized spacial score (nSPS) is 21.1. The summed E-state index contributed by atoms with van der Waals surface area (Å²) in [5.41, 5.74) is 1.66. The van der Waals surface area contributed by atoms with Gasteiger partial charge in [-0.25, -0.2) is 17.5 Å². The minimum Gasteiger partial charge on any atom is -0.347 e. The number of amides is 5. The summed E-state index contributed by atoms with van der Waals surface area (Å²) in [6, 6.07) is 3.83. The molecule has 0 spiro atoms. The van der Waals surface area contributed by atoms with Gasteiger partial charge in [0.2, 0.25) is 27.6 Å². The van der Waals surface area contributed by atoms with Crippen LogP contribution in [0.4, 0.5) is 4.79 Å². The van der Waals surface area contributed by atoms with Crippen molar-refractivity contribution in [3.05, 3.63) is 35.4 Å². The minimum atomic E-state index is -3.51. The first-order chi connectivity index (χ1) is 24.0. The largest absolute Gasteiger partial charge is 0.347 e. The second-order valence-corrected chi connectivity index (χ2v) is 18.1. The summed E-state index contributed by atoms with van der Waals surface area (Å²) in [6.45, 7) is 11.5. The van der Waals surface area contributed by atoms with Gasteiger partial charge in [0.15, 0.2) is 0 Å². The van der Waals surface area contributed by atoms with E-state index in [0.29, 0.717) is 32.1 Å². The third kappa shape index (κ3) is 10.3. The Morgan fingerprint density at radius 3 is 2.14 bits per heavy atom. The molecular formula is C37H58N6O7S. The summed E-state index contributed by atoms with van der Waals surface area (Å²) in [6.07, 6.45) is 5.03. The first-order valence-electron chi connectivity index (χ1n) is 18.5. The Morgan fingerprint density at radius 2 is 1.59 bits per heavy atom. The van der Waals surface area contributed by atoms with Gasteiger partial charge in [-0.2, -0.15) is 0 Å². The number of ketones is 1. The van der Waals surface area contributed by atoms with Crippen LogP contribution in [0.1, 0.15) is 91.2 Å². The molecule has 1 heterocycles. The number of hydrogen-bond donors (Lipinski definition) is 4. The van der Waals surface area contributed by atoms with E-state index in [1.54, 1.807) is 6.92 Å². The zero-order chi connectivity index (χ0) is 37.7. The second kappa shape index (κ2) is 16.9. The molecule has 1 unspecified atom stereocenters. The molecule has 51 heavy (non-hydrogen) atoms. The van der Waals surface area contributed by atoms with Gasteiger partial charge >= 0.3 is 6.03 Å². The lowest BCUT2D eigenvalue weighted by Gasteiger charge is -2.36. The first kappa shape index (κ1) is 40.3. The number of rotatable bonds is 16. The van der Waals surface area contributed by atoms with Crippen molar-refractivity contribution >= 4 is 39.6 Å². The highest BCUT2D eigenvalue weighted by atomic mass is 32.2. The molecule has 13 nitrogen and oxygen atoms in total. The van der Waals surface area contributed by atoms with Gasteiger partial charge in [-0.3, -0.25) is 19.2 Å². The van der Waals surface area contributed by atoms with Gasteiger partial charge in [0, 0.05) is 32.2 Å². The Hall–Kier alpha value is -3.52. The molecule has 0 bridgehead atoms. The maximum atomic E-state index is 14.6. The van der Waals surface area contributed by atoms with Crippen LogP contribution >= 0.6 is 0 Å². The van der Waals surface area contributed by atoms with Crippen LogP contribution in [0.2, 0.25) is 0 Å². The smallest absolute Gasteiger partial charge is 0.315 e. The van der Waals surface area contributed by atoms with Crippen LogP contribution in [0.15, 0.2) is 24.3 Å². The molecule has 14 heteroatoms. The van der Waals surface area contributed by atoms with Crippen molar-refractivity contribution in [2.75, 3.05) is 25.9 Å². The number of nitrogens with zero attached hydrogens (tertiary/aromatic N) is 2. The van der Waals surface area contributed by atoms with Crippen molar-refractivity contribution < 1.29 is 32.4 Å². The molecule has 1 aliphatic heterocycles. The van der Waals surface area contributed by atoms with Gasteiger partial charge in [0.05, 0.1) is 11.8 Å². The van der Waals surface area contributed by atoms with Gasteiger partial charge in [0.1, 0.15) is 12.1 Å². The van der Waals surface area contributed by atoms with Crippen LogP contribution in [0, 0.1) is 17.3 Å². The maximum absolute atomic E-state index is 14.6. The van der Waals surface area contributed by atoms with Gasteiger partial charge < -0.3 is 26.2 Å². The maximum Gasteiger partial charge on any atom is 0.315 e. The van der Waals surface area contributed by atoms with Crippen LogP contribution in [0.3, 0.4) is 0 Å². The quantitative estimate of drug-likeness (QED) is 0.189. The van der Waals surface area contributed by atoms with Gasteiger partial charge in [-0.1, -0.05) is 71.7 Å². The Bertz CT molecular complexity index is 1530. The molecule has 284 valence electrons. The highest BCUT2D eigenvalue weighted by Gasteiger charge is 2.46. The van der Waals surface area contributed by atoms with Gasteiger partial charge in [-0.15, -0.1) is 0 Å². The van der Waals surface area contributed by atoms with Crippen LogP contribution in [-0.4, -0.2) is 103 Å². The number of likely N-dealkylation sites (N-methyl/N-ethyl adjacent to an activating group) is 1. The van der Waals surface area contributed by atoms with Crippen molar-refractivity contribution in [1.82, 2.24) is 30.5 Å². The number of sulfonamides is 1. The van der Waals surface area contributed by atoms with E-state index in [9.17, 15) is 32.4 Å². The fraction of sp³-hybridized carbons (Fsp3) is 0.703. The van der Waals surface area contributed by atoms with Crippen LogP contribution in [-0.2, 0) is 42.0 Å². The average Bonchev–Trinajstić information content (AvgIpc) is 3.64. The molecule has 2 aliphatic carbocycles. The van der Waals surface area contributed by atoms with Crippen molar-refractivity contribution in [1.29, 1.82) is 0 Å². The van der Waals surface area contributed by atoms with Crippen molar-refractivity contribution in [2.24, 2.45) is 17.3 Å². The minimum absolute atomic E-state index is 0.000677. The summed E-state index contributed by atoms with van der Waals surface area (Å²) >= 11 is 0. The summed E-state index contributed by atoms with van der Waals surface area (Å²) in [7, 11) is -2.02. The number of fused-ring (bicyclic) bond motifs is 1. The molecule has 5 amide bonds. The van der Waals surface area contributed by atoms with Crippen molar-refractivity contribution in [2.45, 2.75) is 123 Å². The molecule has 1 saturated carbocycles. The Balaban J connectivity index is 1.56. The lowest BCUT2D eigenvalue weighted by molar-refractivity contribution is -0.144. The standard InChI is InChI=1S/C37H58N6O7S/c1-8-10-15-28(32(44)34(46)38-27-16-17-27)39-33(45)31-23(3)18-19-43(31)35(47)30(26-20-24-13-11-12-14-25(24)21-26)41-36(48)40-29(37(4,5)6)22-42(7)51(49,50)9-2/h11-14,23,26-31H,8-10,15-22H2,1-7H3,(H,38,46)(H,39,45)(H2,40,41,48)/t23-,28?,29+,30-,31-/m0/s1. The molecule has 2 fully saturated rings. The van der Waals surface area contributed by atoms with E-state index in [-0.39, 0.29) is 36.7 Å². The fourth-order valence-electron chi connectivity index (χ4n) is 7.03. The molecule has 4 rings (SSSR count). The summed E-state index contributed by atoms with van der Waals surface area (Å²) in [5.74, 6) is -2.86. The number of likely N-dealkylation sites (tertiary alicyclic amines) is 1. The van der Waals surface area contributed by atoms with Crippen molar-refractivity contribution in [3.8, 4) is 0 Å². The average molecular weight is 731 g/mol. The predicted molar refractivity (Wildman–Crippen MR) is 195 cm³/mol. The van der Waals surface area contributed by atoms with Crippen molar-refractivity contribution in [3.63, 3.8) is 0 Å². The molecule has 0 radical (unpaired) electrons.